The topological polar surface area (TPSA) is 82.2 Å². The highest BCUT2D eigenvalue weighted by Crippen LogP contribution is 2.36. The molecule has 1 fully saturated rings. The van der Waals surface area contributed by atoms with Gasteiger partial charge in [0.05, 0.1) is 10.7 Å². The van der Waals surface area contributed by atoms with E-state index in [-0.39, 0.29) is 12.2 Å². The first-order chi connectivity index (χ1) is 11.1. The van der Waals surface area contributed by atoms with E-state index in [0.29, 0.717) is 17.2 Å². The number of piperidine rings is 1. The van der Waals surface area contributed by atoms with E-state index in [1.807, 2.05) is 6.07 Å². The molecule has 2 aromatic heterocycles. The summed E-state index contributed by atoms with van der Waals surface area (Å²) in [5.74, 6) is 0.899. The second-order valence-electron chi connectivity index (χ2n) is 5.77. The molecule has 3 rings (SSSR count). The predicted octanol–water partition coefficient (Wildman–Crippen LogP) is 2.71. The highest BCUT2D eigenvalue weighted by Gasteiger charge is 2.22. The SMILES string of the molecule is CN1CCC(Nc2ncc3oc(C#N)c(CC=O)c3c2Br)CC1. The molecule has 3 heterocycles. The summed E-state index contributed by atoms with van der Waals surface area (Å²) in [4.78, 5) is 17.6. The van der Waals surface area contributed by atoms with Crippen LogP contribution in [0.4, 0.5) is 5.82 Å². The molecule has 1 N–H and O–H groups in total. The number of furan rings is 1. The number of pyridine rings is 1. The molecular weight excluding hydrogens is 360 g/mol. The van der Waals surface area contributed by atoms with Crippen LogP contribution in [0.5, 0.6) is 0 Å². The molecule has 1 aliphatic rings. The van der Waals surface area contributed by atoms with Gasteiger partial charge in [-0.05, 0) is 48.9 Å². The standard InChI is InChI=1S/C16H17BrN4O2/c1-21-5-2-10(3-6-21)20-16-15(17)14-11(4-7-22)12(8-18)23-13(14)9-19-16/h7,9-10H,2-6H2,1H3,(H,19,20). The van der Waals surface area contributed by atoms with Crippen LogP contribution in [0.25, 0.3) is 11.0 Å². The first-order valence-electron chi connectivity index (χ1n) is 7.52. The number of carbonyl (C=O) groups excluding carboxylic acids is 1. The molecule has 0 aromatic carbocycles. The lowest BCUT2D eigenvalue weighted by atomic mass is 10.1. The highest BCUT2D eigenvalue weighted by atomic mass is 79.9. The molecule has 0 unspecified atom stereocenters. The quantitative estimate of drug-likeness (QED) is 0.826. The van der Waals surface area contributed by atoms with E-state index in [1.54, 1.807) is 6.20 Å². The lowest BCUT2D eigenvalue weighted by molar-refractivity contribution is -0.107. The highest BCUT2D eigenvalue weighted by molar-refractivity contribution is 9.10. The third-order valence-electron chi connectivity index (χ3n) is 4.22. The molecule has 1 saturated heterocycles. The van der Waals surface area contributed by atoms with Crippen LogP contribution < -0.4 is 5.32 Å². The minimum Gasteiger partial charge on any atom is -0.444 e. The van der Waals surface area contributed by atoms with Crippen LogP contribution >= 0.6 is 15.9 Å². The van der Waals surface area contributed by atoms with Crippen LogP contribution in [0.15, 0.2) is 15.1 Å². The second-order valence-corrected chi connectivity index (χ2v) is 6.57. The molecule has 0 bridgehead atoms. The van der Waals surface area contributed by atoms with Crippen molar-refractivity contribution in [2.24, 2.45) is 0 Å². The Kier molecular flexibility index (Phi) is 4.64. The third-order valence-corrected chi connectivity index (χ3v) is 4.99. The fourth-order valence-electron chi connectivity index (χ4n) is 2.93. The lowest BCUT2D eigenvalue weighted by Crippen LogP contribution is -2.36. The zero-order chi connectivity index (χ0) is 16.4. The maximum absolute atomic E-state index is 10.9. The van der Waals surface area contributed by atoms with Crippen molar-refractivity contribution in [2.45, 2.75) is 25.3 Å². The van der Waals surface area contributed by atoms with Crippen molar-refractivity contribution in [3.05, 3.63) is 22.0 Å². The number of anilines is 1. The summed E-state index contributed by atoms with van der Waals surface area (Å²) in [6.07, 6.45) is 4.64. The number of hydrogen-bond donors (Lipinski definition) is 1. The number of aromatic nitrogens is 1. The van der Waals surface area contributed by atoms with E-state index >= 15 is 0 Å². The first-order valence-corrected chi connectivity index (χ1v) is 8.32. The monoisotopic (exact) mass is 376 g/mol. The molecule has 0 amide bonds. The van der Waals surface area contributed by atoms with Crippen molar-refractivity contribution in [1.82, 2.24) is 9.88 Å². The van der Waals surface area contributed by atoms with Gasteiger partial charge in [0.1, 0.15) is 18.2 Å². The van der Waals surface area contributed by atoms with Crippen molar-refractivity contribution >= 4 is 39.0 Å². The number of hydrogen-bond acceptors (Lipinski definition) is 6. The number of likely N-dealkylation sites (tertiary alicyclic amines) is 1. The van der Waals surface area contributed by atoms with Gasteiger partial charge in [0, 0.05) is 23.4 Å². The number of halogens is 1. The summed E-state index contributed by atoms with van der Waals surface area (Å²) in [5, 5.41) is 13.4. The largest absolute Gasteiger partial charge is 0.444 e. The first kappa shape index (κ1) is 16.0. The Morgan fingerprint density at radius 1 is 1.57 bits per heavy atom. The van der Waals surface area contributed by atoms with Gasteiger partial charge in [0.25, 0.3) is 0 Å². The van der Waals surface area contributed by atoms with E-state index in [9.17, 15) is 10.1 Å². The summed E-state index contributed by atoms with van der Waals surface area (Å²) >= 11 is 3.56. The molecule has 0 atom stereocenters. The van der Waals surface area contributed by atoms with Crippen molar-refractivity contribution in [2.75, 3.05) is 25.5 Å². The number of nitriles is 1. The lowest BCUT2D eigenvalue weighted by Gasteiger charge is -2.30. The van der Waals surface area contributed by atoms with Crippen LogP contribution in [-0.2, 0) is 11.2 Å². The van der Waals surface area contributed by atoms with Crippen molar-refractivity contribution in [3.63, 3.8) is 0 Å². The number of carbonyl (C=O) groups is 1. The fraction of sp³-hybridized carbons (Fsp3) is 0.438. The smallest absolute Gasteiger partial charge is 0.208 e. The summed E-state index contributed by atoms with van der Waals surface area (Å²) in [7, 11) is 2.12. The summed E-state index contributed by atoms with van der Waals surface area (Å²) in [6.45, 7) is 2.11. The van der Waals surface area contributed by atoms with Crippen LogP contribution in [0.1, 0.15) is 24.2 Å². The molecule has 0 spiro atoms. The van der Waals surface area contributed by atoms with Crippen molar-refractivity contribution in [1.29, 1.82) is 5.26 Å². The maximum Gasteiger partial charge on any atom is 0.208 e. The Morgan fingerprint density at radius 3 is 2.96 bits per heavy atom. The summed E-state index contributed by atoms with van der Waals surface area (Å²) < 4.78 is 6.24. The summed E-state index contributed by atoms with van der Waals surface area (Å²) in [6, 6.07) is 2.37. The molecule has 23 heavy (non-hydrogen) atoms. The summed E-state index contributed by atoms with van der Waals surface area (Å²) in [5.41, 5.74) is 1.12. The number of nitrogens with one attached hydrogen (secondary N) is 1. The Morgan fingerprint density at radius 2 is 2.30 bits per heavy atom. The molecule has 6 nitrogen and oxygen atoms in total. The van der Waals surface area contributed by atoms with E-state index in [0.717, 1.165) is 47.9 Å². The molecule has 1 aliphatic heterocycles. The van der Waals surface area contributed by atoms with Gasteiger partial charge in [0.2, 0.25) is 5.76 Å². The zero-order valence-electron chi connectivity index (χ0n) is 12.8. The third kappa shape index (κ3) is 3.09. The van der Waals surface area contributed by atoms with Gasteiger partial charge in [-0.25, -0.2) is 4.98 Å². The number of nitrogens with zero attached hydrogens (tertiary/aromatic N) is 3. The van der Waals surface area contributed by atoms with E-state index in [1.165, 1.54) is 0 Å². The second kappa shape index (κ2) is 6.69. The molecule has 7 heteroatoms. The van der Waals surface area contributed by atoms with Crippen molar-refractivity contribution in [3.8, 4) is 6.07 Å². The van der Waals surface area contributed by atoms with Gasteiger partial charge < -0.3 is 19.4 Å². The van der Waals surface area contributed by atoms with Gasteiger partial charge in [-0.15, -0.1) is 0 Å². The van der Waals surface area contributed by atoms with Crippen LogP contribution in [0.2, 0.25) is 0 Å². The van der Waals surface area contributed by atoms with Crippen LogP contribution in [-0.4, -0.2) is 42.3 Å². The average Bonchev–Trinajstić information content (AvgIpc) is 2.91. The van der Waals surface area contributed by atoms with E-state index in [4.69, 9.17) is 4.42 Å². The Bertz CT molecular complexity index is 772. The fourth-order valence-corrected chi connectivity index (χ4v) is 3.58. The molecule has 0 radical (unpaired) electrons. The number of aldehydes is 1. The molecule has 120 valence electrons. The zero-order valence-corrected chi connectivity index (χ0v) is 14.4. The van der Waals surface area contributed by atoms with Gasteiger partial charge in [-0.3, -0.25) is 0 Å². The molecule has 0 aliphatic carbocycles. The van der Waals surface area contributed by atoms with E-state index < -0.39 is 0 Å². The minimum atomic E-state index is 0.145. The van der Waals surface area contributed by atoms with E-state index in [2.05, 4.69) is 38.2 Å². The van der Waals surface area contributed by atoms with Gasteiger partial charge in [-0.2, -0.15) is 5.26 Å². The van der Waals surface area contributed by atoms with Gasteiger partial charge in [0.15, 0.2) is 5.58 Å². The van der Waals surface area contributed by atoms with Crippen LogP contribution in [0, 0.1) is 11.3 Å². The predicted molar refractivity (Wildman–Crippen MR) is 90.3 cm³/mol. The Hall–Kier alpha value is -1.91. The molecule has 2 aromatic rings. The Labute approximate surface area is 142 Å². The van der Waals surface area contributed by atoms with Gasteiger partial charge in [-0.1, -0.05) is 0 Å². The molecular formula is C16H17BrN4O2. The normalized spacial score (nSPS) is 16.4. The molecule has 0 saturated carbocycles. The average molecular weight is 377 g/mol. The van der Waals surface area contributed by atoms with Crippen LogP contribution in [0.3, 0.4) is 0 Å². The maximum atomic E-state index is 10.9. The number of fused-ring (bicyclic) bond motifs is 1. The number of rotatable bonds is 4. The minimum absolute atomic E-state index is 0.145. The Balaban J connectivity index is 1.96. The van der Waals surface area contributed by atoms with Crippen molar-refractivity contribution < 1.29 is 9.21 Å². The van der Waals surface area contributed by atoms with Gasteiger partial charge >= 0.3 is 0 Å².